The van der Waals surface area contributed by atoms with Gasteiger partial charge in [-0.05, 0) is 31.9 Å². The molecule has 1 aromatic rings. The van der Waals surface area contributed by atoms with Crippen LogP contribution in [0.25, 0.3) is 0 Å². The molecule has 0 aromatic heterocycles. The number of hydrogen-bond donors (Lipinski definition) is 2. The van der Waals surface area contributed by atoms with Crippen molar-refractivity contribution in [1.29, 1.82) is 0 Å². The first-order valence-corrected chi connectivity index (χ1v) is 5.61. The van der Waals surface area contributed by atoms with E-state index in [9.17, 15) is 13.6 Å². The second kappa shape index (κ2) is 5.44. The van der Waals surface area contributed by atoms with Gasteiger partial charge in [-0.15, -0.1) is 0 Å². The Bertz CT molecular complexity index is 435. The fraction of sp³-hybridized carbons (Fsp3) is 0.462. The van der Waals surface area contributed by atoms with Gasteiger partial charge in [0.25, 0.3) is 11.8 Å². The third-order valence-corrected chi connectivity index (χ3v) is 2.64. The van der Waals surface area contributed by atoms with E-state index in [1.165, 1.54) is 0 Å². The van der Waals surface area contributed by atoms with E-state index in [1.807, 2.05) is 19.1 Å². The van der Waals surface area contributed by atoms with Crippen molar-refractivity contribution in [2.45, 2.75) is 26.7 Å². The van der Waals surface area contributed by atoms with E-state index < -0.39 is 25.0 Å². The second-order valence-electron chi connectivity index (χ2n) is 4.47. The number of aliphatic hydroxyl groups excluding tert-OH is 1. The number of halogens is 2. The van der Waals surface area contributed by atoms with E-state index in [1.54, 1.807) is 13.8 Å². The summed E-state index contributed by atoms with van der Waals surface area (Å²) in [4.78, 5) is 11.8. The maximum Gasteiger partial charge on any atom is 0.287 e. The molecule has 3 nitrogen and oxygen atoms in total. The number of nitrogens with one attached hydrogen (secondary N) is 1. The van der Waals surface area contributed by atoms with Gasteiger partial charge in [0.15, 0.2) is 0 Å². The van der Waals surface area contributed by atoms with Gasteiger partial charge in [0.1, 0.15) is 6.61 Å². The SMILES string of the molecule is Cc1cc(C)c(C(=O)NCC(F)(F)CO)c(C)c1. The highest BCUT2D eigenvalue weighted by molar-refractivity contribution is 5.97. The van der Waals surface area contributed by atoms with E-state index in [2.05, 4.69) is 5.32 Å². The Hall–Kier alpha value is -1.49. The van der Waals surface area contributed by atoms with Gasteiger partial charge in [0.05, 0.1) is 6.54 Å². The van der Waals surface area contributed by atoms with E-state index in [4.69, 9.17) is 5.11 Å². The van der Waals surface area contributed by atoms with Crippen molar-refractivity contribution < 1.29 is 18.7 Å². The lowest BCUT2D eigenvalue weighted by Crippen LogP contribution is -2.39. The summed E-state index contributed by atoms with van der Waals surface area (Å²) in [6, 6.07) is 3.65. The van der Waals surface area contributed by atoms with Crippen LogP contribution in [0.15, 0.2) is 12.1 Å². The molecule has 0 aliphatic rings. The fourth-order valence-electron chi connectivity index (χ4n) is 1.89. The van der Waals surface area contributed by atoms with Gasteiger partial charge in [-0.25, -0.2) is 8.78 Å². The topological polar surface area (TPSA) is 49.3 Å². The number of amides is 1. The first-order valence-electron chi connectivity index (χ1n) is 5.61. The molecule has 0 heterocycles. The average molecular weight is 257 g/mol. The first-order chi connectivity index (χ1) is 8.26. The number of hydrogen-bond acceptors (Lipinski definition) is 2. The largest absolute Gasteiger partial charge is 0.390 e. The highest BCUT2D eigenvalue weighted by atomic mass is 19.3. The van der Waals surface area contributed by atoms with Crippen molar-refractivity contribution in [1.82, 2.24) is 5.32 Å². The smallest absolute Gasteiger partial charge is 0.287 e. The molecule has 0 aliphatic carbocycles. The summed E-state index contributed by atoms with van der Waals surface area (Å²) >= 11 is 0. The zero-order valence-corrected chi connectivity index (χ0v) is 10.7. The standard InChI is InChI=1S/C13H17F2NO2/c1-8-4-9(2)11(10(3)5-8)12(18)16-6-13(14,15)7-17/h4-5,17H,6-7H2,1-3H3,(H,16,18). The molecule has 2 N–H and O–H groups in total. The molecule has 0 unspecified atom stereocenters. The predicted molar refractivity (Wildman–Crippen MR) is 65.0 cm³/mol. The molecule has 0 fully saturated rings. The Morgan fingerprint density at radius 2 is 1.78 bits per heavy atom. The number of aliphatic hydroxyl groups is 1. The maximum absolute atomic E-state index is 12.8. The van der Waals surface area contributed by atoms with Crippen LogP contribution in [-0.2, 0) is 0 Å². The quantitative estimate of drug-likeness (QED) is 0.866. The van der Waals surface area contributed by atoms with Crippen LogP contribution in [0.2, 0.25) is 0 Å². The summed E-state index contributed by atoms with van der Waals surface area (Å²) < 4.78 is 25.7. The molecular weight excluding hydrogens is 240 g/mol. The lowest BCUT2D eigenvalue weighted by molar-refractivity contribution is -0.0462. The Balaban J connectivity index is 2.86. The van der Waals surface area contributed by atoms with Crippen molar-refractivity contribution in [3.05, 3.63) is 34.4 Å². The van der Waals surface area contributed by atoms with Crippen molar-refractivity contribution in [2.75, 3.05) is 13.2 Å². The van der Waals surface area contributed by atoms with Gasteiger partial charge in [-0.3, -0.25) is 4.79 Å². The van der Waals surface area contributed by atoms with Crippen molar-refractivity contribution in [3.63, 3.8) is 0 Å². The molecule has 1 rings (SSSR count). The summed E-state index contributed by atoms with van der Waals surface area (Å²) in [6.07, 6.45) is 0. The Morgan fingerprint density at radius 3 is 2.22 bits per heavy atom. The molecule has 0 spiro atoms. The highest BCUT2D eigenvalue weighted by Crippen LogP contribution is 2.17. The summed E-state index contributed by atoms with van der Waals surface area (Å²) in [6.45, 7) is 3.29. The molecule has 100 valence electrons. The number of aryl methyl sites for hydroxylation is 3. The van der Waals surface area contributed by atoms with Crippen LogP contribution >= 0.6 is 0 Å². The van der Waals surface area contributed by atoms with E-state index in [0.29, 0.717) is 5.56 Å². The summed E-state index contributed by atoms with van der Waals surface area (Å²) in [5.41, 5.74) is 2.92. The minimum absolute atomic E-state index is 0.411. The molecule has 1 amide bonds. The fourth-order valence-corrected chi connectivity index (χ4v) is 1.89. The summed E-state index contributed by atoms with van der Waals surface area (Å²) in [5.74, 6) is -3.83. The van der Waals surface area contributed by atoms with Gasteiger partial charge in [-0.2, -0.15) is 0 Å². The van der Waals surface area contributed by atoms with Crippen molar-refractivity contribution in [3.8, 4) is 0 Å². The number of carbonyl (C=O) groups is 1. The lowest BCUT2D eigenvalue weighted by Gasteiger charge is -2.16. The highest BCUT2D eigenvalue weighted by Gasteiger charge is 2.28. The maximum atomic E-state index is 12.8. The Morgan fingerprint density at radius 1 is 1.28 bits per heavy atom. The molecule has 0 atom stereocenters. The van der Waals surface area contributed by atoms with E-state index in [-0.39, 0.29) is 0 Å². The molecule has 0 saturated carbocycles. The zero-order valence-electron chi connectivity index (χ0n) is 10.7. The lowest BCUT2D eigenvalue weighted by atomic mass is 9.99. The number of carbonyl (C=O) groups excluding carboxylic acids is 1. The molecule has 0 aliphatic heterocycles. The molecular formula is C13H17F2NO2. The monoisotopic (exact) mass is 257 g/mol. The van der Waals surface area contributed by atoms with Crippen LogP contribution in [0.1, 0.15) is 27.0 Å². The Kier molecular flexibility index (Phi) is 4.40. The summed E-state index contributed by atoms with van der Waals surface area (Å²) in [7, 11) is 0. The van der Waals surface area contributed by atoms with Crippen LogP contribution in [0.5, 0.6) is 0 Å². The van der Waals surface area contributed by atoms with Gasteiger partial charge < -0.3 is 10.4 Å². The molecule has 5 heteroatoms. The molecule has 0 radical (unpaired) electrons. The van der Waals surface area contributed by atoms with Gasteiger partial charge in [0, 0.05) is 5.56 Å². The molecule has 0 bridgehead atoms. The van der Waals surface area contributed by atoms with Gasteiger partial charge in [-0.1, -0.05) is 17.7 Å². The van der Waals surface area contributed by atoms with Crippen molar-refractivity contribution >= 4 is 5.91 Å². The number of alkyl halides is 2. The summed E-state index contributed by atoms with van der Waals surface area (Å²) in [5, 5.41) is 10.6. The number of benzene rings is 1. The third kappa shape index (κ3) is 3.50. The molecule has 0 saturated heterocycles. The molecule has 18 heavy (non-hydrogen) atoms. The first kappa shape index (κ1) is 14.6. The average Bonchev–Trinajstić information content (AvgIpc) is 2.25. The second-order valence-corrected chi connectivity index (χ2v) is 4.47. The van der Waals surface area contributed by atoms with E-state index >= 15 is 0 Å². The Labute approximate surface area is 105 Å². The van der Waals surface area contributed by atoms with Crippen LogP contribution in [0.3, 0.4) is 0 Å². The van der Waals surface area contributed by atoms with Gasteiger partial charge in [0.2, 0.25) is 0 Å². The number of rotatable bonds is 4. The zero-order chi connectivity index (χ0) is 13.9. The van der Waals surface area contributed by atoms with Crippen LogP contribution in [-0.4, -0.2) is 30.1 Å². The van der Waals surface area contributed by atoms with Crippen molar-refractivity contribution in [2.24, 2.45) is 0 Å². The van der Waals surface area contributed by atoms with Crippen LogP contribution in [0, 0.1) is 20.8 Å². The van der Waals surface area contributed by atoms with Gasteiger partial charge >= 0.3 is 0 Å². The normalized spacial score (nSPS) is 11.4. The van der Waals surface area contributed by atoms with E-state index in [0.717, 1.165) is 16.7 Å². The van der Waals surface area contributed by atoms with Crippen LogP contribution < -0.4 is 5.32 Å². The minimum atomic E-state index is -3.29. The third-order valence-electron chi connectivity index (χ3n) is 2.64. The predicted octanol–water partition coefficient (Wildman–Crippen LogP) is 1.97. The minimum Gasteiger partial charge on any atom is -0.390 e. The molecule has 1 aromatic carbocycles. The van der Waals surface area contributed by atoms with Crippen LogP contribution in [0.4, 0.5) is 8.78 Å².